The molecule has 2 rings (SSSR count). The number of aromatic nitrogens is 1. The van der Waals surface area contributed by atoms with Gasteiger partial charge in [0.2, 0.25) is 5.91 Å². The van der Waals surface area contributed by atoms with Crippen LogP contribution in [0, 0.1) is 5.41 Å². The molecule has 0 radical (unpaired) electrons. The summed E-state index contributed by atoms with van der Waals surface area (Å²) in [4.78, 5) is 40.0. The smallest absolute Gasteiger partial charge is 0.392 e. The Morgan fingerprint density at radius 2 is 1.77 bits per heavy atom. The van der Waals surface area contributed by atoms with E-state index in [0.717, 1.165) is 16.8 Å². The van der Waals surface area contributed by atoms with Crippen molar-refractivity contribution >= 4 is 34.6 Å². The van der Waals surface area contributed by atoms with Gasteiger partial charge in [0, 0.05) is 30.0 Å². The van der Waals surface area contributed by atoms with Crippen LogP contribution in [0.2, 0.25) is 0 Å². The molecule has 10 nitrogen and oxygen atoms in total. The second-order valence-corrected chi connectivity index (χ2v) is 11.0. The molecule has 2 aromatic rings. The zero-order chi connectivity index (χ0) is 26.4. The summed E-state index contributed by atoms with van der Waals surface area (Å²) in [5.41, 5.74) is 6.55. The molecule has 0 bridgehead atoms. The number of primary amides is 1. The Bertz CT molecular complexity index is 1060. The Balaban J connectivity index is 2.18. The quantitative estimate of drug-likeness (QED) is 0.393. The summed E-state index contributed by atoms with van der Waals surface area (Å²) in [6.45, 7) is 12.5. The maximum Gasteiger partial charge on any atom is 0.411 e. The van der Waals surface area contributed by atoms with Gasteiger partial charge in [0.15, 0.2) is 5.13 Å². The van der Waals surface area contributed by atoms with Crippen LogP contribution in [0.25, 0.3) is 11.3 Å². The second-order valence-electron chi connectivity index (χ2n) is 10.1. The van der Waals surface area contributed by atoms with Crippen molar-refractivity contribution < 1.29 is 23.9 Å². The van der Waals surface area contributed by atoms with Crippen LogP contribution in [0.1, 0.15) is 54.0 Å². The number of hydrogen-bond donors (Lipinski definition) is 4. The Labute approximate surface area is 210 Å². The van der Waals surface area contributed by atoms with Gasteiger partial charge in [-0.15, -0.1) is 11.3 Å². The van der Waals surface area contributed by atoms with Gasteiger partial charge in [0.1, 0.15) is 0 Å². The van der Waals surface area contributed by atoms with E-state index in [-0.39, 0.29) is 5.91 Å². The number of benzene rings is 1. The number of carbonyl (C=O) groups excluding carboxylic acids is 3. The van der Waals surface area contributed by atoms with Gasteiger partial charge in [-0.05, 0) is 38.8 Å². The average Bonchev–Trinajstić information content (AvgIpc) is 3.13. The van der Waals surface area contributed by atoms with Gasteiger partial charge in [0.05, 0.1) is 11.1 Å². The van der Waals surface area contributed by atoms with Gasteiger partial charge in [0.25, 0.3) is 0 Å². The first-order valence-electron chi connectivity index (χ1n) is 11.2. The van der Waals surface area contributed by atoms with Gasteiger partial charge in [-0.2, -0.15) is 0 Å². The minimum absolute atomic E-state index is 0.176. The number of rotatable bonds is 8. The summed E-state index contributed by atoms with van der Waals surface area (Å²) in [6, 6.07) is 7.77. The third-order valence-corrected chi connectivity index (χ3v) is 5.48. The lowest BCUT2D eigenvalue weighted by atomic mass is 9.90. The average molecular weight is 506 g/mol. The molecule has 0 aliphatic heterocycles. The molecular formula is C24H35N5O5S. The maximum absolute atomic E-state index is 12.6. The lowest BCUT2D eigenvalue weighted by molar-refractivity contribution is -0.243. The number of ether oxygens (including phenoxy) is 2. The van der Waals surface area contributed by atoms with Crippen LogP contribution in [0.3, 0.4) is 0 Å². The number of nitrogens with two attached hydrogens (primary N) is 1. The van der Waals surface area contributed by atoms with E-state index < -0.39 is 29.1 Å². The number of amides is 3. The zero-order valence-electron chi connectivity index (χ0n) is 21.3. The number of thiazole rings is 1. The van der Waals surface area contributed by atoms with Crippen molar-refractivity contribution in [3.8, 4) is 11.3 Å². The molecule has 35 heavy (non-hydrogen) atoms. The van der Waals surface area contributed by atoms with Crippen LogP contribution in [0.5, 0.6) is 0 Å². The van der Waals surface area contributed by atoms with Crippen molar-refractivity contribution in [3.63, 3.8) is 0 Å². The van der Waals surface area contributed by atoms with E-state index in [1.54, 1.807) is 20.8 Å². The summed E-state index contributed by atoms with van der Waals surface area (Å²) < 4.78 is 11.0. The molecule has 1 unspecified atom stereocenters. The van der Waals surface area contributed by atoms with Crippen LogP contribution in [-0.2, 0) is 20.7 Å². The Kier molecular flexibility index (Phi) is 8.85. The highest BCUT2D eigenvalue weighted by Crippen LogP contribution is 2.33. The summed E-state index contributed by atoms with van der Waals surface area (Å²) in [6.07, 6.45) is -1.29. The first-order valence-corrected chi connectivity index (χ1v) is 12.1. The van der Waals surface area contributed by atoms with Crippen LogP contribution < -0.4 is 21.7 Å². The summed E-state index contributed by atoms with van der Waals surface area (Å²) in [5, 5.41) is 10.9. The Morgan fingerprint density at radius 3 is 2.34 bits per heavy atom. The predicted octanol–water partition coefficient (Wildman–Crippen LogP) is 4.22. The fourth-order valence-electron chi connectivity index (χ4n) is 3.14. The van der Waals surface area contributed by atoms with Crippen molar-refractivity contribution in [2.75, 3.05) is 11.9 Å². The van der Waals surface area contributed by atoms with E-state index in [0.29, 0.717) is 18.1 Å². The topological polar surface area (TPSA) is 145 Å². The lowest BCUT2D eigenvalue weighted by Gasteiger charge is -2.42. The van der Waals surface area contributed by atoms with Crippen LogP contribution in [0.15, 0.2) is 29.6 Å². The lowest BCUT2D eigenvalue weighted by Crippen LogP contribution is -2.63. The largest absolute Gasteiger partial charge is 0.411 e. The minimum Gasteiger partial charge on any atom is -0.392 e. The second kappa shape index (κ2) is 11.0. The highest BCUT2D eigenvalue weighted by Gasteiger charge is 2.50. The molecule has 1 heterocycles. The van der Waals surface area contributed by atoms with E-state index in [2.05, 4.69) is 20.9 Å². The number of hydrogen-bond acceptors (Lipinski definition) is 8. The molecule has 11 heteroatoms. The predicted molar refractivity (Wildman–Crippen MR) is 136 cm³/mol. The normalized spacial score (nSPS) is 13.5. The maximum atomic E-state index is 12.6. The molecule has 0 saturated heterocycles. The van der Waals surface area contributed by atoms with E-state index in [4.69, 9.17) is 15.2 Å². The van der Waals surface area contributed by atoms with Crippen molar-refractivity contribution in [1.29, 1.82) is 0 Å². The summed E-state index contributed by atoms with van der Waals surface area (Å²) in [7, 11) is 0. The third-order valence-electron chi connectivity index (χ3n) is 4.73. The van der Waals surface area contributed by atoms with E-state index in [9.17, 15) is 14.4 Å². The molecule has 5 N–H and O–H groups in total. The van der Waals surface area contributed by atoms with Crippen LogP contribution >= 0.6 is 11.3 Å². The van der Waals surface area contributed by atoms with Gasteiger partial charge < -0.3 is 25.8 Å². The molecular weight excluding hydrogens is 470 g/mol. The van der Waals surface area contributed by atoms with Crippen LogP contribution in [-0.4, -0.2) is 41.1 Å². The third kappa shape index (κ3) is 8.52. The molecule has 1 aromatic heterocycles. The highest BCUT2D eigenvalue weighted by atomic mass is 32.1. The van der Waals surface area contributed by atoms with Crippen molar-refractivity contribution in [2.24, 2.45) is 11.1 Å². The van der Waals surface area contributed by atoms with Crippen molar-refractivity contribution in [1.82, 2.24) is 15.6 Å². The summed E-state index contributed by atoms with van der Waals surface area (Å²) in [5.74, 6) is -1.97. The van der Waals surface area contributed by atoms with Gasteiger partial charge >= 0.3 is 18.1 Å². The number of nitrogens with zero attached hydrogens (tertiary/aromatic N) is 1. The fraction of sp³-hybridized carbons (Fsp3) is 0.500. The first-order chi connectivity index (χ1) is 16.1. The van der Waals surface area contributed by atoms with Crippen LogP contribution in [0.4, 0.5) is 14.7 Å². The molecule has 1 aromatic carbocycles. The summed E-state index contributed by atoms with van der Waals surface area (Å²) >= 11 is 1.35. The molecule has 1 atom stereocenters. The van der Waals surface area contributed by atoms with Crippen molar-refractivity contribution in [2.45, 2.75) is 66.3 Å². The minimum atomic E-state index is -1.80. The Hall–Kier alpha value is -3.18. The van der Waals surface area contributed by atoms with Gasteiger partial charge in [-0.3, -0.25) is 4.79 Å². The fourth-order valence-corrected chi connectivity index (χ4v) is 3.91. The molecule has 0 fully saturated rings. The van der Waals surface area contributed by atoms with E-state index >= 15 is 0 Å². The Morgan fingerprint density at radius 1 is 1.09 bits per heavy atom. The molecule has 192 valence electrons. The first kappa shape index (κ1) is 28.1. The molecule has 0 aliphatic rings. The molecule has 3 amide bonds. The number of nitrogens with one attached hydrogen (secondary N) is 3. The van der Waals surface area contributed by atoms with Gasteiger partial charge in [-0.1, -0.05) is 39.0 Å². The van der Waals surface area contributed by atoms with Gasteiger partial charge in [-0.25, -0.2) is 19.9 Å². The van der Waals surface area contributed by atoms with Crippen molar-refractivity contribution in [3.05, 3.63) is 35.2 Å². The number of alkyl carbamates (subject to hydrolysis) is 1. The molecule has 0 spiro atoms. The molecule has 0 aliphatic carbocycles. The zero-order valence-corrected chi connectivity index (χ0v) is 22.1. The highest BCUT2D eigenvalue weighted by molar-refractivity contribution is 7.14. The monoisotopic (exact) mass is 505 g/mol. The SMILES string of the molecule is CC(=O)Nc1nc(-c2cccc(CCNC(OC(N)=O)(OC(=O)NC(C)(C)C)C(C)(C)C)c2)cs1. The number of carbonyl (C=O) groups is 3. The standard InChI is InChI=1S/C24H35N5O5S/c1-15(30)27-20-28-18(14-35-20)17-10-8-9-16(13-17)11-12-26-24(22(2,3)4,33-19(25)31)34-21(32)29-23(5,6)7/h8-10,13-14,26H,11-12H2,1-7H3,(H2,25,31)(H,29,32)(H,27,28,30). The molecule has 0 saturated carbocycles. The van der Waals surface area contributed by atoms with E-state index in [1.807, 2.05) is 50.4 Å². The number of anilines is 1. The van der Waals surface area contributed by atoms with E-state index in [1.165, 1.54) is 18.3 Å².